The van der Waals surface area contributed by atoms with Crippen LogP contribution in [-0.2, 0) is 16.1 Å². The SMILES string of the molecule is CC(C)c1cc(CNC(=O)[C@@]2(C)CCCO2)on1. The molecule has 0 saturated carbocycles. The molecule has 0 spiro atoms. The Morgan fingerprint density at radius 3 is 2.94 bits per heavy atom. The summed E-state index contributed by atoms with van der Waals surface area (Å²) in [4.78, 5) is 12.0. The van der Waals surface area contributed by atoms with Crippen LogP contribution in [0.2, 0.25) is 0 Å². The summed E-state index contributed by atoms with van der Waals surface area (Å²) in [5.41, 5.74) is 0.226. The van der Waals surface area contributed by atoms with Crippen molar-refractivity contribution in [2.24, 2.45) is 0 Å². The number of hydrogen-bond donors (Lipinski definition) is 1. The molecule has 0 bridgehead atoms. The Labute approximate surface area is 107 Å². The molecule has 1 aromatic heterocycles. The molecule has 1 fully saturated rings. The average Bonchev–Trinajstić information content (AvgIpc) is 2.95. The van der Waals surface area contributed by atoms with Gasteiger partial charge in [0, 0.05) is 12.7 Å². The van der Waals surface area contributed by atoms with E-state index in [9.17, 15) is 4.79 Å². The second-order valence-electron chi connectivity index (χ2n) is 5.24. The number of amides is 1. The molecule has 1 saturated heterocycles. The van der Waals surface area contributed by atoms with Crippen LogP contribution in [0.5, 0.6) is 0 Å². The van der Waals surface area contributed by atoms with Crippen LogP contribution in [0.1, 0.15) is 51.0 Å². The highest BCUT2D eigenvalue weighted by Crippen LogP contribution is 2.25. The van der Waals surface area contributed by atoms with Crippen molar-refractivity contribution in [3.63, 3.8) is 0 Å². The minimum Gasteiger partial charge on any atom is -0.365 e. The van der Waals surface area contributed by atoms with Crippen molar-refractivity contribution in [1.29, 1.82) is 0 Å². The van der Waals surface area contributed by atoms with Crippen LogP contribution in [0.15, 0.2) is 10.6 Å². The van der Waals surface area contributed by atoms with Crippen LogP contribution < -0.4 is 5.32 Å². The molecule has 100 valence electrons. The van der Waals surface area contributed by atoms with E-state index in [4.69, 9.17) is 9.26 Å². The lowest BCUT2D eigenvalue weighted by Gasteiger charge is -2.21. The van der Waals surface area contributed by atoms with Gasteiger partial charge in [0.1, 0.15) is 5.60 Å². The summed E-state index contributed by atoms with van der Waals surface area (Å²) in [6, 6.07) is 1.88. The van der Waals surface area contributed by atoms with Gasteiger partial charge in [-0.1, -0.05) is 19.0 Å². The lowest BCUT2D eigenvalue weighted by Crippen LogP contribution is -2.43. The molecular formula is C13H20N2O3. The number of carbonyl (C=O) groups is 1. The molecule has 0 unspecified atom stereocenters. The van der Waals surface area contributed by atoms with E-state index in [0.29, 0.717) is 24.8 Å². The summed E-state index contributed by atoms with van der Waals surface area (Å²) in [7, 11) is 0. The molecule has 1 atom stereocenters. The Balaban J connectivity index is 1.89. The molecule has 0 radical (unpaired) electrons. The minimum atomic E-state index is -0.680. The summed E-state index contributed by atoms with van der Waals surface area (Å²) >= 11 is 0. The molecule has 1 amide bonds. The Bertz CT molecular complexity index is 420. The van der Waals surface area contributed by atoms with Gasteiger partial charge >= 0.3 is 0 Å². The largest absolute Gasteiger partial charge is 0.365 e. The van der Waals surface area contributed by atoms with Gasteiger partial charge in [-0.3, -0.25) is 4.79 Å². The van der Waals surface area contributed by atoms with E-state index in [1.54, 1.807) is 0 Å². The van der Waals surface area contributed by atoms with Gasteiger partial charge in [-0.25, -0.2) is 0 Å². The Kier molecular flexibility index (Phi) is 3.71. The quantitative estimate of drug-likeness (QED) is 0.890. The predicted molar refractivity (Wildman–Crippen MR) is 66.0 cm³/mol. The van der Waals surface area contributed by atoms with E-state index >= 15 is 0 Å². The van der Waals surface area contributed by atoms with Crippen LogP contribution >= 0.6 is 0 Å². The maximum Gasteiger partial charge on any atom is 0.252 e. The number of rotatable bonds is 4. The maximum atomic E-state index is 12.0. The van der Waals surface area contributed by atoms with Crippen molar-refractivity contribution < 1.29 is 14.1 Å². The van der Waals surface area contributed by atoms with Gasteiger partial charge in [0.25, 0.3) is 5.91 Å². The molecular weight excluding hydrogens is 232 g/mol. The molecule has 5 heteroatoms. The predicted octanol–water partition coefficient (Wildman–Crippen LogP) is 1.98. The van der Waals surface area contributed by atoms with Crippen LogP contribution in [-0.4, -0.2) is 23.3 Å². The zero-order valence-electron chi connectivity index (χ0n) is 11.2. The molecule has 2 rings (SSSR count). The zero-order valence-corrected chi connectivity index (χ0v) is 11.2. The second-order valence-corrected chi connectivity index (χ2v) is 5.24. The molecule has 0 aliphatic carbocycles. The number of carbonyl (C=O) groups excluding carboxylic acids is 1. The smallest absolute Gasteiger partial charge is 0.252 e. The third kappa shape index (κ3) is 2.72. The van der Waals surface area contributed by atoms with Gasteiger partial charge in [-0.2, -0.15) is 0 Å². The molecule has 5 nitrogen and oxygen atoms in total. The van der Waals surface area contributed by atoms with Crippen molar-refractivity contribution in [2.75, 3.05) is 6.61 Å². The Morgan fingerprint density at radius 1 is 1.61 bits per heavy atom. The van der Waals surface area contributed by atoms with Crippen molar-refractivity contribution in [1.82, 2.24) is 10.5 Å². The van der Waals surface area contributed by atoms with Crippen LogP contribution in [0.4, 0.5) is 0 Å². The van der Waals surface area contributed by atoms with E-state index in [2.05, 4.69) is 10.5 Å². The molecule has 1 N–H and O–H groups in total. The van der Waals surface area contributed by atoms with E-state index in [1.807, 2.05) is 26.8 Å². The molecule has 1 aromatic rings. The fourth-order valence-corrected chi connectivity index (χ4v) is 2.00. The van der Waals surface area contributed by atoms with E-state index in [1.165, 1.54) is 0 Å². The summed E-state index contributed by atoms with van der Waals surface area (Å²) < 4.78 is 10.6. The first-order chi connectivity index (χ1) is 8.51. The summed E-state index contributed by atoms with van der Waals surface area (Å²) in [5.74, 6) is 0.921. The summed E-state index contributed by atoms with van der Waals surface area (Å²) in [6.07, 6.45) is 1.70. The van der Waals surface area contributed by atoms with Crippen molar-refractivity contribution in [3.05, 3.63) is 17.5 Å². The van der Waals surface area contributed by atoms with E-state index in [-0.39, 0.29) is 5.91 Å². The maximum absolute atomic E-state index is 12.0. The second kappa shape index (κ2) is 5.10. The monoisotopic (exact) mass is 252 g/mol. The van der Waals surface area contributed by atoms with Gasteiger partial charge in [0.2, 0.25) is 0 Å². The third-order valence-corrected chi connectivity index (χ3v) is 3.29. The Morgan fingerprint density at radius 2 is 2.39 bits per heavy atom. The number of ether oxygens (including phenoxy) is 1. The van der Waals surface area contributed by atoms with Gasteiger partial charge in [-0.15, -0.1) is 0 Å². The van der Waals surface area contributed by atoms with Gasteiger partial charge < -0.3 is 14.6 Å². The van der Waals surface area contributed by atoms with Gasteiger partial charge in [0.15, 0.2) is 5.76 Å². The van der Waals surface area contributed by atoms with Gasteiger partial charge in [0.05, 0.1) is 12.2 Å². The Hall–Kier alpha value is -1.36. The minimum absolute atomic E-state index is 0.0810. The number of nitrogens with zero attached hydrogens (tertiary/aromatic N) is 1. The fourth-order valence-electron chi connectivity index (χ4n) is 2.00. The average molecular weight is 252 g/mol. The van der Waals surface area contributed by atoms with Crippen LogP contribution in [0.25, 0.3) is 0 Å². The normalized spacial score (nSPS) is 23.6. The fraction of sp³-hybridized carbons (Fsp3) is 0.692. The van der Waals surface area contributed by atoms with E-state index in [0.717, 1.165) is 18.5 Å². The first-order valence-corrected chi connectivity index (χ1v) is 6.39. The first kappa shape index (κ1) is 13.1. The highest BCUT2D eigenvalue weighted by atomic mass is 16.5. The zero-order chi connectivity index (χ0) is 13.2. The molecule has 18 heavy (non-hydrogen) atoms. The molecule has 1 aliphatic rings. The third-order valence-electron chi connectivity index (χ3n) is 3.29. The van der Waals surface area contributed by atoms with E-state index < -0.39 is 5.60 Å². The molecule has 2 heterocycles. The lowest BCUT2D eigenvalue weighted by atomic mass is 10.0. The topological polar surface area (TPSA) is 64.4 Å². The van der Waals surface area contributed by atoms with Gasteiger partial charge in [-0.05, 0) is 25.7 Å². The highest BCUT2D eigenvalue weighted by molar-refractivity contribution is 5.84. The summed E-state index contributed by atoms with van der Waals surface area (Å²) in [6.45, 7) is 6.94. The lowest BCUT2D eigenvalue weighted by molar-refractivity contribution is -0.139. The van der Waals surface area contributed by atoms with Crippen molar-refractivity contribution in [3.8, 4) is 0 Å². The standard InChI is InChI=1S/C13H20N2O3/c1-9(2)11-7-10(18-15-11)8-14-12(16)13(3)5-4-6-17-13/h7,9H,4-6,8H2,1-3H3,(H,14,16)/t13-/m1/s1. The number of nitrogens with one attached hydrogen (secondary N) is 1. The molecule has 0 aromatic carbocycles. The highest BCUT2D eigenvalue weighted by Gasteiger charge is 2.37. The molecule has 1 aliphatic heterocycles. The van der Waals surface area contributed by atoms with Crippen molar-refractivity contribution in [2.45, 2.75) is 51.7 Å². The van der Waals surface area contributed by atoms with Crippen LogP contribution in [0, 0.1) is 0 Å². The summed E-state index contributed by atoms with van der Waals surface area (Å²) in [5, 5.41) is 6.79. The first-order valence-electron chi connectivity index (χ1n) is 6.39. The van der Waals surface area contributed by atoms with Crippen molar-refractivity contribution >= 4 is 5.91 Å². The number of aromatic nitrogens is 1. The van der Waals surface area contributed by atoms with Crippen LogP contribution in [0.3, 0.4) is 0 Å². The number of hydrogen-bond acceptors (Lipinski definition) is 4.